The fourth-order valence-electron chi connectivity index (χ4n) is 2.01. The van der Waals surface area contributed by atoms with Crippen molar-refractivity contribution in [2.24, 2.45) is 0 Å². The highest BCUT2D eigenvalue weighted by Crippen LogP contribution is 2.06. The van der Waals surface area contributed by atoms with Gasteiger partial charge < -0.3 is 19.7 Å². The van der Waals surface area contributed by atoms with Crippen molar-refractivity contribution < 1.29 is 9.47 Å². The van der Waals surface area contributed by atoms with Gasteiger partial charge in [-0.1, -0.05) is 6.92 Å². The van der Waals surface area contributed by atoms with E-state index in [1.165, 1.54) is 25.9 Å². The Kier molecular flexibility index (Phi) is 7.76. The number of rotatable bonds is 9. The summed E-state index contributed by atoms with van der Waals surface area (Å²) in [4.78, 5) is 2.47. The van der Waals surface area contributed by atoms with Crippen molar-refractivity contribution in [3.05, 3.63) is 0 Å². The maximum absolute atomic E-state index is 5.82. The quantitative estimate of drug-likeness (QED) is 0.633. The third kappa shape index (κ3) is 5.80. The van der Waals surface area contributed by atoms with Crippen LogP contribution in [-0.4, -0.2) is 64.1 Å². The second kappa shape index (κ2) is 8.93. The maximum Gasteiger partial charge on any atom is 0.0932 e. The van der Waals surface area contributed by atoms with E-state index in [1.54, 1.807) is 7.11 Å². The molecule has 1 unspecified atom stereocenters. The number of methoxy groups -OCH3 is 1. The van der Waals surface area contributed by atoms with Gasteiger partial charge in [0.1, 0.15) is 0 Å². The minimum atomic E-state index is 0.188. The molecular formula is C12H26N2O2. The highest BCUT2D eigenvalue weighted by atomic mass is 16.5. The Bertz CT molecular complexity index is 161. The van der Waals surface area contributed by atoms with Crippen LogP contribution in [0.1, 0.15) is 19.8 Å². The first-order chi connectivity index (χ1) is 7.86. The van der Waals surface area contributed by atoms with E-state index < -0.39 is 0 Å². The standard InChI is InChI=1S/C12H26N2O2/c1-3-13-10-12(11-15-2)16-9-8-14-6-4-5-7-14/h12-13H,3-11H2,1-2H3. The predicted molar refractivity (Wildman–Crippen MR) is 65.8 cm³/mol. The van der Waals surface area contributed by atoms with E-state index in [0.717, 1.165) is 26.2 Å². The highest BCUT2D eigenvalue weighted by molar-refractivity contribution is 4.66. The van der Waals surface area contributed by atoms with E-state index in [9.17, 15) is 0 Å². The zero-order valence-corrected chi connectivity index (χ0v) is 10.7. The Morgan fingerprint density at radius 2 is 2.06 bits per heavy atom. The Morgan fingerprint density at radius 3 is 2.69 bits per heavy atom. The second-order valence-corrected chi connectivity index (χ2v) is 4.30. The molecule has 0 aromatic carbocycles. The first-order valence-electron chi connectivity index (χ1n) is 6.40. The molecule has 4 nitrogen and oxygen atoms in total. The Morgan fingerprint density at radius 1 is 1.31 bits per heavy atom. The molecule has 4 heteroatoms. The van der Waals surface area contributed by atoms with Crippen molar-refractivity contribution >= 4 is 0 Å². The van der Waals surface area contributed by atoms with Gasteiger partial charge in [-0.15, -0.1) is 0 Å². The van der Waals surface area contributed by atoms with Gasteiger partial charge >= 0.3 is 0 Å². The zero-order chi connectivity index (χ0) is 11.6. The molecular weight excluding hydrogens is 204 g/mol. The van der Waals surface area contributed by atoms with Crippen molar-refractivity contribution in [1.82, 2.24) is 10.2 Å². The maximum atomic E-state index is 5.82. The minimum absolute atomic E-state index is 0.188. The van der Waals surface area contributed by atoms with Crippen molar-refractivity contribution in [2.75, 3.05) is 53.0 Å². The third-order valence-electron chi connectivity index (χ3n) is 2.93. The molecule has 0 saturated carbocycles. The number of likely N-dealkylation sites (N-methyl/N-ethyl adjacent to an activating group) is 1. The predicted octanol–water partition coefficient (Wildman–Crippen LogP) is 0.723. The molecule has 0 spiro atoms. The first kappa shape index (κ1) is 13.9. The summed E-state index contributed by atoms with van der Waals surface area (Å²) in [6, 6.07) is 0. The molecule has 1 heterocycles. The zero-order valence-electron chi connectivity index (χ0n) is 10.7. The lowest BCUT2D eigenvalue weighted by Gasteiger charge is -2.20. The van der Waals surface area contributed by atoms with Gasteiger partial charge in [0.05, 0.1) is 19.3 Å². The Hall–Kier alpha value is -0.160. The molecule has 1 saturated heterocycles. The van der Waals surface area contributed by atoms with Crippen LogP contribution in [0.3, 0.4) is 0 Å². The molecule has 1 N–H and O–H groups in total. The molecule has 1 aliphatic heterocycles. The Balaban J connectivity index is 2.05. The number of likely N-dealkylation sites (tertiary alicyclic amines) is 1. The monoisotopic (exact) mass is 230 g/mol. The summed E-state index contributed by atoms with van der Waals surface area (Å²) in [5.41, 5.74) is 0. The fraction of sp³-hybridized carbons (Fsp3) is 1.00. The summed E-state index contributed by atoms with van der Waals surface area (Å²) in [7, 11) is 1.72. The smallest absolute Gasteiger partial charge is 0.0932 e. The first-order valence-corrected chi connectivity index (χ1v) is 6.40. The lowest BCUT2D eigenvalue weighted by molar-refractivity contribution is -0.00699. The van der Waals surface area contributed by atoms with E-state index in [2.05, 4.69) is 17.1 Å². The van der Waals surface area contributed by atoms with E-state index in [1.807, 2.05) is 0 Å². The average molecular weight is 230 g/mol. The van der Waals surface area contributed by atoms with Crippen LogP contribution in [0.25, 0.3) is 0 Å². The van der Waals surface area contributed by atoms with Crippen LogP contribution < -0.4 is 5.32 Å². The van der Waals surface area contributed by atoms with E-state index in [-0.39, 0.29) is 6.10 Å². The van der Waals surface area contributed by atoms with Gasteiger partial charge in [-0.3, -0.25) is 0 Å². The molecule has 0 radical (unpaired) electrons. The average Bonchev–Trinajstić information content (AvgIpc) is 2.79. The summed E-state index contributed by atoms with van der Waals surface area (Å²) in [5.74, 6) is 0. The van der Waals surface area contributed by atoms with Crippen LogP contribution >= 0.6 is 0 Å². The number of hydrogen-bond donors (Lipinski definition) is 1. The lowest BCUT2D eigenvalue weighted by Crippen LogP contribution is -2.35. The molecule has 0 aliphatic carbocycles. The van der Waals surface area contributed by atoms with Gasteiger partial charge in [-0.2, -0.15) is 0 Å². The van der Waals surface area contributed by atoms with E-state index in [4.69, 9.17) is 9.47 Å². The number of nitrogens with one attached hydrogen (secondary N) is 1. The minimum Gasteiger partial charge on any atom is -0.382 e. The van der Waals surface area contributed by atoms with Gasteiger partial charge in [0.25, 0.3) is 0 Å². The molecule has 0 aromatic rings. The second-order valence-electron chi connectivity index (χ2n) is 4.30. The molecule has 1 aliphatic rings. The number of ether oxygens (including phenoxy) is 2. The van der Waals surface area contributed by atoms with Gasteiger partial charge in [-0.05, 0) is 32.5 Å². The van der Waals surface area contributed by atoms with Crippen LogP contribution in [0, 0.1) is 0 Å². The van der Waals surface area contributed by atoms with Crippen LogP contribution in [0.5, 0.6) is 0 Å². The summed E-state index contributed by atoms with van der Waals surface area (Å²) in [6.45, 7) is 9.00. The van der Waals surface area contributed by atoms with E-state index >= 15 is 0 Å². The van der Waals surface area contributed by atoms with Gasteiger partial charge in [0, 0.05) is 20.2 Å². The fourth-order valence-corrected chi connectivity index (χ4v) is 2.01. The summed E-state index contributed by atoms with van der Waals surface area (Å²) >= 11 is 0. The van der Waals surface area contributed by atoms with Crippen molar-refractivity contribution in [3.63, 3.8) is 0 Å². The van der Waals surface area contributed by atoms with Gasteiger partial charge in [0.15, 0.2) is 0 Å². The third-order valence-corrected chi connectivity index (χ3v) is 2.93. The van der Waals surface area contributed by atoms with Gasteiger partial charge in [-0.25, -0.2) is 0 Å². The van der Waals surface area contributed by atoms with Gasteiger partial charge in [0.2, 0.25) is 0 Å². The Labute approximate surface area is 99.3 Å². The summed E-state index contributed by atoms with van der Waals surface area (Å²) < 4.78 is 11.0. The molecule has 1 atom stereocenters. The lowest BCUT2D eigenvalue weighted by atomic mass is 10.3. The van der Waals surface area contributed by atoms with Crippen LogP contribution in [0.2, 0.25) is 0 Å². The molecule has 0 aromatic heterocycles. The molecule has 1 fully saturated rings. The normalized spacial score (nSPS) is 19.1. The van der Waals surface area contributed by atoms with Crippen LogP contribution in [0.15, 0.2) is 0 Å². The molecule has 96 valence electrons. The summed E-state index contributed by atoms with van der Waals surface area (Å²) in [5, 5.41) is 3.29. The highest BCUT2D eigenvalue weighted by Gasteiger charge is 2.12. The topological polar surface area (TPSA) is 33.7 Å². The molecule has 16 heavy (non-hydrogen) atoms. The molecule has 1 rings (SSSR count). The van der Waals surface area contributed by atoms with Crippen LogP contribution in [-0.2, 0) is 9.47 Å². The largest absolute Gasteiger partial charge is 0.382 e. The molecule has 0 bridgehead atoms. The van der Waals surface area contributed by atoms with Crippen molar-refractivity contribution in [2.45, 2.75) is 25.9 Å². The number of hydrogen-bond acceptors (Lipinski definition) is 4. The van der Waals surface area contributed by atoms with Crippen LogP contribution in [0.4, 0.5) is 0 Å². The summed E-state index contributed by atoms with van der Waals surface area (Å²) in [6.07, 6.45) is 2.88. The number of nitrogens with zero attached hydrogens (tertiary/aromatic N) is 1. The SMILES string of the molecule is CCNCC(COC)OCCN1CCCC1. The van der Waals surface area contributed by atoms with E-state index in [0.29, 0.717) is 6.61 Å². The molecule has 0 amide bonds. The van der Waals surface area contributed by atoms with Crippen molar-refractivity contribution in [3.8, 4) is 0 Å². The van der Waals surface area contributed by atoms with Crippen molar-refractivity contribution in [1.29, 1.82) is 0 Å².